The van der Waals surface area contributed by atoms with Crippen LogP contribution in [0.2, 0.25) is 0 Å². The van der Waals surface area contributed by atoms with Gasteiger partial charge in [-0.25, -0.2) is 15.0 Å². The van der Waals surface area contributed by atoms with Gasteiger partial charge in [0, 0.05) is 5.69 Å². The molecule has 0 aliphatic heterocycles. The molecule has 0 radical (unpaired) electrons. The Morgan fingerprint density at radius 2 is 2.08 bits per heavy atom. The monoisotopic (exact) mass is 367 g/mol. The molecule has 6 nitrogen and oxygen atoms in total. The van der Waals surface area contributed by atoms with Gasteiger partial charge >= 0.3 is 6.18 Å². The van der Waals surface area contributed by atoms with E-state index in [0.29, 0.717) is 16.2 Å². The number of carbonyl (C=O) groups excluding carboxylic acids is 1. The van der Waals surface area contributed by atoms with Crippen LogP contribution < -0.4 is 5.32 Å². The summed E-state index contributed by atoms with van der Waals surface area (Å²) in [6, 6.07) is 4.49. The van der Waals surface area contributed by atoms with Crippen LogP contribution in [0.3, 0.4) is 0 Å². The average molecular weight is 367 g/mol. The third kappa shape index (κ3) is 3.90. The Morgan fingerprint density at radius 1 is 1.28 bits per heavy atom. The van der Waals surface area contributed by atoms with E-state index in [0.717, 1.165) is 23.9 Å². The van der Waals surface area contributed by atoms with E-state index in [-0.39, 0.29) is 5.69 Å². The van der Waals surface area contributed by atoms with Gasteiger partial charge < -0.3 is 10.3 Å². The summed E-state index contributed by atoms with van der Waals surface area (Å²) < 4.78 is 38.2. The molecule has 2 aromatic heterocycles. The molecule has 3 rings (SSSR count). The summed E-state index contributed by atoms with van der Waals surface area (Å²) in [7, 11) is 0. The van der Waals surface area contributed by atoms with Crippen LogP contribution in [0.4, 0.5) is 18.9 Å². The Kier molecular flexibility index (Phi) is 4.62. The molecule has 1 atom stereocenters. The zero-order valence-electron chi connectivity index (χ0n) is 12.8. The summed E-state index contributed by atoms with van der Waals surface area (Å²) in [6.45, 7) is 1.64. The molecule has 0 bridgehead atoms. The smallest absolute Gasteiger partial charge is 0.341 e. The van der Waals surface area contributed by atoms with Crippen molar-refractivity contribution in [3.8, 4) is 0 Å². The third-order valence-electron chi connectivity index (χ3n) is 3.30. The zero-order valence-corrected chi connectivity index (χ0v) is 13.6. The first-order valence-electron chi connectivity index (χ1n) is 7.13. The molecule has 25 heavy (non-hydrogen) atoms. The van der Waals surface area contributed by atoms with Crippen molar-refractivity contribution in [1.82, 2.24) is 19.9 Å². The van der Waals surface area contributed by atoms with Crippen LogP contribution in [0.1, 0.15) is 12.5 Å². The van der Waals surface area contributed by atoms with Gasteiger partial charge in [0.05, 0.1) is 17.1 Å². The number of amides is 1. The molecule has 0 spiro atoms. The highest BCUT2D eigenvalue weighted by Crippen LogP contribution is 2.31. The number of H-pyrrole nitrogens is 1. The van der Waals surface area contributed by atoms with Gasteiger partial charge in [-0.15, -0.1) is 0 Å². The molecule has 0 fully saturated rings. The topological polar surface area (TPSA) is 83.6 Å². The van der Waals surface area contributed by atoms with Crippen molar-refractivity contribution in [3.63, 3.8) is 0 Å². The Bertz CT molecular complexity index is 911. The quantitative estimate of drug-likeness (QED) is 0.545. The summed E-state index contributed by atoms with van der Waals surface area (Å²) in [6.07, 6.45) is -1.66. The fourth-order valence-corrected chi connectivity index (χ4v) is 2.95. The molecule has 1 unspecified atom stereocenters. The molecular weight excluding hydrogens is 355 g/mol. The van der Waals surface area contributed by atoms with Crippen LogP contribution in [0, 0.1) is 0 Å². The number of aromatic nitrogens is 4. The summed E-state index contributed by atoms with van der Waals surface area (Å²) in [5.74, 6) is -0.435. The Balaban J connectivity index is 1.72. The third-order valence-corrected chi connectivity index (χ3v) is 4.40. The van der Waals surface area contributed by atoms with E-state index < -0.39 is 22.9 Å². The van der Waals surface area contributed by atoms with Crippen molar-refractivity contribution < 1.29 is 18.0 Å². The lowest BCUT2D eigenvalue weighted by Gasteiger charge is -2.13. The van der Waals surface area contributed by atoms with Gasteiger partial charge in [-0.1, -0.05) is 17.8 Å². The number of carbonyl (C=O) groups is 1. The maximum Gasteiger partial charge on any atom is 0.416 e. The van der Waals surface area contributed by atoms with Gasteiger partial charge in [0.25, 0.3) is 0 Å². The number of nitrogens with one attached hydrogen (secondary N) is 2. The number of nitrogens with zero attached hydrogens (tertiary/aromatic N) is 3. The second-order valence-corrected chi connectivity index (χ2v) is 6.44. The van der Waals surface area contributed by atoms with Crippen molar-refractivity contribution in [1.29, 1.82) is 0 Å². The van der Waals surface area contributed by atoms with Crippen LogP contribution in [0.15, 0.2) is 41.9 Å². The van der Waals surface area contributed by atoms with E-state index in [1.165, 1.54) is 24.8 Å². The second kappa shape index (κ2) is 6.71. The number of benzene rings is 1. The van der Waals surface area contributed by atoms with E-state index in [1.807, 2.05) is 0 Å². The lowest BCUT2D eigenvalue weighted by atomic mass is 10.2. The molecule has 1 aromatic carbocycles. The standard InChI is InChI=1S/C15H12F3N5OS/c1-8(25-14-11-12(20-6-19-11)21-7-22-14)13(24)23-10-4-2-3-9(5-10)15(16,17)18/h2-8H,1H3,(H,23,24)(H,19,20,21,22). The predicted molar refractivity (Wildman–Crippen MR) is 87.1 cm³/mol. The number of hydrogen-bond acceptors (Lipinski definition) is 5. The minimum Gasteiger partial charge on any atom is -0.341 e. The van der Waals surface area contributed by atoms with Gasteiger partial charge in [0.2, 0.25) is 5.91 Å². The van der Waals surface area contributed by atoms with Crippen LogP contribution in [0.25, 0.3) is 11.2 Å². The molecule has 1 amide bonds. The lowest BCUT2D eigenvalue weighted by molar-refractivity contribution is -0.137. The molecule has 10 heteroatoms. The van der Waals surface area contributed by atoms with Crippen molar-refractivity contribution in [3.05, 3.63) is 42.5 Å². The fourth-order valence-electron chi connectivity index (χ4n) is 2.07. The fraction of sp³-hybridized carbons (Fsp3) is 0.200. The van der Waals surface area contributed by atoms with Crippen molar-refractivity contribution >= 4 is 34.5 Å². The summed E-state index contributed by atoms with van der Waals surface area (Å²) >= 11 is 1.16. The lowest BCUT2D eigenvalue weighted by Crippen LogP contribution is -2.22. The van der Waals surface area contributed by atoms with Gasteiger partial charge in [-0.05, 0) is 25.1 Å². The molecule has 2 heterocycles. The second-order valence-electron chi connectivity index (χ2n) is 5.11. The highest BCUT2D eigenvalue weighted by atomic mass is 32.2. The van der Waals surface area contributed by atoms with Gasteiger partial charge in [0.15, 0.2) is 5.65 Å². The van der Waals surface area contributed by atoms with Crippen LogP contribution in [0.5, 0.6) is 0 Å². The number of fused-ring (bicyclic) bond motifs is 1. The number of imidazole rings is 1. The largest absolute Gasteiger partial charge is 0.416 e. The zero-order chi connectivity index (χ0) is 18.0. The van der Waals surface area contributed by atoms with Gasteiger partial charge in [0.1, 0.15) is 16.9 Å². The molecule has 0 aliphatic rings. The number of anilines is 1. The molecular formula is C15H12F3N5OS. The number of hydrogen-bond donors (Lipinski definition) is 2. The molecule has 0 saturated carbocycles. The normalized spacial score (nSPS) is 13.0. The van der Waals surface area contributed by atoms with Gasteiger partial charge in [-0.2, -0.15) is 13.2 Å². The number of thioether (sulfide) groups is 1. The Hall–Kier alpha value is -2.62. The molecule has 0 saturated heterocycles. The summed E-state index contributed by atoms with van der Waals surface area (Å²) in [5, 5.41) is 2.44. The number of halogens is 3. The molecule has 0 aliphatic carbocycles. The minimum absolute atomic E-state index is 0.0849. The van der Waals surface area contributed by atoms with E-state index in [9.17, 15) is 18.0 Å². The molecule has 2 N–H and O–H groups in total. The summed E-state index contributed by atoms with van der Waals surface area (Å²) in [4.78, 5) is 27.3. The van der Waals surface area contributed by atoms with E-state index in [2.05, 4.69) is 25.3 Å². The number of alkyl halides is 3. The first-order valence-corrected chi connectivity index (χ1v) is 8.01. The highest BCUT2D eigenvalue weighted by molar-refractivity contribution is 8.00. The summed E-state index contributed by atoms with van der Waals surface area (Å²) in [5.41, 5.74) is 0.344. The minimum atomic E-state index is -4.46. The molecule has 3 aromatic rings. The predicted octanol–water partition coefficient (Wildman–Crippen LogP) is 3.49. The molecule has 130 valence electrons. The van der Waals surface area contributed by atoms with E-state index >= 15 is 0 Å². The maximum absolute atomic E-state index is 12.7. The first-order chi connectivity index (χ1) is 11.8. The highest BCUT2D eigenvalue weighted by Gasteiger charge is 2.30. The SMILES string of the molecule is CC(Sc1ncnc2nc[nH]c12)C(=O)Nc1cccc(C(F)(F)F)c1. The van der Waals surface area contributed by atoms with Crippen molar-refractivity contribution in [2.24, 2.45) is 0 Å². The Labute approximate surface area is 144 Å². The van der Waals surface area contributed by atoms with Crippen LogP contribution >= 0.6 is 11.8 Å². The van der Waals surface area contributed by atoms with Gasteiger partial charge in [-0.3, -0.25) is 4.79 Å². The maximum atomic E-state index is 12.7. The first kappa shape index (κ1) is 17.2. The van der Waals surface area contributed by atoms with Crippen molar-refractivity contribution in [2.75, 3.05) is 5.32 Å². The van der Waals surface area contributed by atoms with Crippen LogP contribution in [-0.4, -0.2) is 31.1 Å². The van der Waals surface area contributed by atoms with Crippen LogP contribution in [-0.2, 0) is 11.0 Å². The van der Waals surface area contributed by atoms with E-state index in [4.69, 9.17) is 0 Å². The average Bonchev–Trinajstić information content (AvgIpc) is 3.04. The van der Waals surface area contributed by atoms with E-state index in [1.54, 1.807) is 6.92 Å². The van der Waals surface area contributed by atoms with Crippen molar-refractivity contribution in [2.45, 2.75) is 23.4 Å². The Morgan fingerprint density at radius 3 is 2.84 bits per heavy atom. The number of aromatic amines is 1. The number of rotatable bonds is 4.